The summed E-state index contributed by atoms with van der Waals surface area (Å²) in [5.74, 6) is 0.406. The summed E-state index contributed by atoms with van der Waals surface area (Å²) in [6.07, 6.45) is 4.00. The van der Waals surface area contributed by atoms with Gasteiger partial charge < -0.3 is 10.6 Å². The fourth-order valence-corrected chi connectivity index (χ4v) is 5.26. The number of benzene rings is 2. The lowest BCUT2D eigenvalue weighted by Crippen LogP contribution is -2.27. The first-order valence-corrected chi connectivity index (χ1v) is 11.3. The van der Waals surface area contributed by atoms with Crippen molar-refractivity contribution < 1.29 is 4.79 Å². The molecule has 4 rings (SSSR count). The lowest BCUT2D eigenvalue weighted by atomic mass is 9.90. The number of nitrogens with one attached hydrogen (secondary N) is 3. The number of piperidine rings is 1. The topological polar surface area (TPSA) is 73.1 Å². The van der Waals surface area contributed by atoms with Gasteiger partial charge >= 0.3 is 0 Å². The van der Waals surface area contributed by atoms with Crippen LogP contribution in [0.1, 0.15) is 29.9 Å². The monoisotopic (exact) mass is 443 g/mol. The standard InChI is InChI=1S/C22H26ClN5OS/c1-14-9-16-12-25-27-22(16)20(10-14)30-28(2)13-21(29)26-17-3-4-18(19(23)11-17)15-5-7-24-8-6-15/h3-4,9-12,15,24H,5-8,13H2,1-2H3,(H,25,27)(H,26,29). The van der Waals surface area contributed by atoms with Gasteiger partial charge in [0.15, 0.2) is 0 Å². The van der Waals surface area contributed by atoms with E-state index < -0.39 is 0 Å². The minimum absolute atomic E-state index is 0.0795. The van der Waals surface area contributed by atoms with Gasteiger partial charge in [0.1, 0.15) is 0 Å². The van der Waals surface area contributed by atoms with Crippen LogP contribution in [0.5, 0.6) is 0 Å². The largest absolute Gasteiger partial charge is 0.325 e. The number of likely N-dealkylation sites (N-methyl/N-ethyl adjacent to an activating group) is 1. The Bertz CT molecular complexity index is 1050. The van der Waals surface area contributed by atoms with Crippen LogP contribution < -0.4 is 10.6 Å². The third-order valence-corrected chi connectivity index (χ3v) is 6.63. The molecule has 1 saturated heterocycles. The summed E-state index contributed by atoms with van der Waals surface area (Å²) in [5, 5.41) is 15.3. The molecule has 8 heteroatoms. The number of H-pyrrole nitrogens is 1. The molecule has 0 atom stereocenters. The lowest BCUT2D eigenvalue weighted by molar-refractivity contribution is -0.116. The van der Waals surface area contributed by atoms with Crippen LogP contribution in [0.3, 0.4) is 0 Å². The lowest BCUT2D eigenvalue weighted by Gasteiger charge is -2.24. The molecule has 1 aromatic heterocycles. The molecule has 2 aromatic carbocycles. The molecule has 30 heavy (non-hydrogen) atoms. The first-order valence-electron chi connectivity index (χ1n) is 10.1. The average Bonchev–Trinajstić information content (AvgIpc) is 3.17. The van der Waals surface area contributed by atoms with Crippen molar-refractivity contribution in [2.75, 3.05) is 32.0 Å². The summed E-state index contributed by atoms with van der Waals surface area (Å²) in [5.41, 5.74) is 4.05. The molecular formula is C22H26ClN5OS. The molecule has 0 aliphatic carbocycles. The van der Waals surface area contributed by atoms with Crippen LogP contribution in [0, 0.1) is 6.92 Å². The number of amides is 1. The number of aromatic amines is 1. The molecular weight excluding hydrogens is 418 g/mol. The van der Waals surface area contributed by atoms with Crippen LogP contribution in [0.25, 0.3) is 10.9 Å². The zero-order chi connectivity index (χ0) is 21.1. The Balaban J connectivity index is 1.37. The quantitative estimate of drug-likeness (QED) is 0.487. The average molecular weight is 444 g/mol. The van der Waals surface area contributed by atoms with E-state index in [1.807, 2.05) is 35.7 Å². The van der Waals surface area contributed by atoms with Crippen LogP contribution in [0.2, 0.25) is 5.02 Å². The van der Waals surface area contributed by atoms with E-state index >= 15 is 0 Å². The van der Waals surface area contributed by atoms with Crippen molar-refractivity contribution in [3.8, 4) is 0 Å². The van der Waals surface area contributed by atoms with Gasteiger partial charge in [0, 0.05) is 21.0 Å². The third kappa shape index (κ3) is 4.98. The van der Waals surface area contributed by atoms with Gasteiger partial charge in [-0.1, -0.05) is 17.7 Å². The number of carbonyl (C=O) groups excluding carboxylic acids is 1. The summed E-state index contributed by atoms with van der Waals surface area (Å²) < 4.78 is 1.91. The fourth-order valence-electron chi connectivity index (χ4n) is 3.91. The number of hydrogen-bond donors (Lipinski definition) is 3. The maximum absolute atomic E-state index is 12.6. The van der Waals surface area contributed by atoms with Crippen molar-refractivity contribution in [1.29, 1.82) is 0 Å². The van der Waals surface area contributed by atoms with Gasteiger partial charge in [-0.05, 0) is 93.2 Å². The predicted molar refractivity (Wildman–Crippen MR) is 124 cm³/mol. The minimum Gasteiger partial charge on any atom is -0.325 e. The number of rotatable bonds is 6. The van der Waals surface area contributed by atoms with Crippen molar-refractivity contribution >= 4 is 46.0 Å². The van der Waals surface area contributed by atoms with Crippen molar-refractivity contribution in [2.24, 2.45) is 0 Å². The van der Waals surface area contributed by atoms with Gasteiger partial charge in [0.2, 0.25) is 5.91 Å². The van der Waals surface area contributed by atoms with E-state index in [1.54, 1.807) is 0 Å². The molecule has 0 unspecified atom stereocenters. The SMILES string of the molecule is Cc1cc(SN(C)CC(=O)Nc2ccc(C3CCNCC3)c(Cl)c2)c2[nH]ncc2c1. The van der Waals surface area contributed by atoms with Crippen LogP contribution in [0.4, 0.5) is 5.69 Å². The molecule has 3 N–H and O–H groups in total. The Morgan fingerprint density at radius 1 is 1.30 bits per heavy atom. The molecule has 3 aromatic rings. The molecule has 1 fully saturated rings. The van der Waals surface area contributed by atoms with Crippen molar-refractivity contribution in [2.45, 2.75) is 30.6 Å². The first-order chi connectivity index (χ1) is 14.5. The highest BCUT2D eigenvalue weighted by Crippen LogP contribution is 2.33. The number of carbonyl (C=O) groups is 1. The zero-order valence-electron chi connectivity index (χ0n) is 17.2. The van der Waals surface area contributed by atoms with Crippen LogP contribution in [-0.4, -0.2) is 47.1 Å². The van der Waals surface area contributed by atoms with Crippen LogP contribution >= 0.6 is 23.5 Å². The molecule has 0 saturated carbocycles. The van der Waals surface area contributed by atoms with Gasteiger partial charge in [-0.3, -0.25) is 9.89 Å². The zero-order valence-corrected chi connectivity index (χ0v) is 18.7. The van der Waals surface area contributed by atoms with Gasteiger partial charge in [0.05, 0.1) is 18.3 Å². The fraction of sp³-hybridized carbons (Fsp3) is 0.364. The number of halogens is 1. The molecule has 0 spiro atoms. The number of hydrogen-bond acceptors (Lipinski definition) is 5. The van der Waals surface area contributed by atoms with E-state index in [4.69, 9.17) is 11.6 Å². The maximum Gasteiger partial charge on any atom is 0.239 e. The second kappa shape index (κ2) is 9.39. The molecule has 158 valence electrons. The molecule has 1 aliphatic heterocycles. The number of aromatic nitrogens is 2. The molecule has 0 bridgehead atoms. The van der Waals surface area contributed by atoms with E-state index in [0.29, 0.717) is 5.92 Å². The maximum atomic E-state index is 12.6. The predicted octanol–water partition coefficient (Wildman–Crippen LogP) is 4.57. The summed E-state index contributed by atoms with van der Waals surface area (Å²) in [6.45, 7) is 4.35. The molecule has 0 radical (unpaired) electrons. The Kier molecular flexibility index (Phi) is 6.63. The Morgan fingerprint density at radius 2 is 2.10 bits per heavy atom. The normalized spacial score (nSPS) is 15.1. The number of fused-ring (bicyclic) bond motifs is 1. The van der Waals surface area contributed by atoms with E-state index in [0.717, 1.165) is 58.0 Å². The minimum atomic E-state index is -0.0795. The highest BCUT2D eigenvalue weighted by atomic mass is 35.5. The number of nitrogens with zero attached hydrogens (tertiary/aromatic N) is 2. The smallest absolute Gasteiger partial charge is 0.239 e. The highest BCUT2D eigenvalue weighted by molar-refractivity contribution is 7.97. The van der Waals surface area contributed by atoms with E-state index in [1.165, 1.54) is 17.5 Å². The summed E-state index contributed by atoms with van der Waals surface area (Å²) in [4.78, 5) is 13.6. The van der Waals surface area contributed by atoms with Crippen LogP contribution in [0.15, 0.2) is 41.4 Å². The van der Waals surface area contributed by atoms with Gasteiger partial charge in [-0.2, -0.15) is 5.10 Å². The van der Waals surface area contributed by atoms with Gasteiger partial charge in [-0.25, -0.2) is 4.31 Å². The highest BCUT2D eigenvalue weighted by Gasteiger charge is 2.18. The Morgan fingerprint density at radius 3 is 2.87 bits per heavy atom. The van der Waals surface area contributed by atoms with Crippen molar-refractivity contribution in [3.05, 3.63) is 52.7 Å². The molecule has 1 amide bonds. The van der Waals surface area contributed by atoms with E-state index in [2.05, 4.69) is 39.9 Å². The summed E-state index contributed by atoms with van der Waals surface area (Å²) >= 11 is 8.05. The number of aryl methyl sites for hydroxylation is 1. The summed E-state index contributed by atoms with van der Waals surface area (Å²) in [7, 11) is 1.90. The second-order valence-electron chi connectivity index (χ2n) is 7.78. The Labute approximate surface area is 185 Å². The van der Waals surface area contributed by atoms with Crippen LogP contribution in [-0.2, 0) is 4.79 Å². The second-order valence-corrected chi connectivity index (χ2v) is 9.44. The van der Waals surface area contributed by atoms with E-state index in [9.17, 15) is 4.79 Å². The third-order valence-electron chi connectivity index (χ3n) is 5.34. The van der Waals surface area contributed by atoms with Crippen molar-refractivity contribution in [3.63, 3.8) is 0 Å². The van der Waals surface area contributed by atoms with Gasteiger partial charge in [0.25, 0.3) is 0 Å². The summed E-state index contributed by atoms with van der Waals surface area (Å²) in [6, 6.07) is 10.0. The molecule has 2 heterocycles. The number of anilines is 1. The van der Waals surface area contributed by atoms with Gasteiger partial charge in [-0.15, -0.1) is 0 Å². The molecule has 6 nitrogen and oxygen atoms in total. The van der Waals surface area contributed by atoms with E-state index in [-0.39, 0.29) is 12.5 Å². The first kappa shape index (κ1) is 21.2. The molecule has 1 aliphatic rings. The Hall–Kier alpha value is -2.06. The van der Waals surface area contributed by atoms with Crippen molar-refractivity contribution in [1.82, 2.24) is 19.8 Å².